The maximum atomic E-state index is 12.1. The van der Waals surface area contributed by atoms with Crippen molar-refractivity contribution in [2.45, 2.75) is 17.5 Å². The lowest BCUT2D eigenvalue weighted by atomic mass is 10.2. The maximum Gasteiger partial charge on any atom is 0.247 e. The zero-order valence-corrected chi connectivity index (χ0v) is 13.7. The Balaban J connectivity index is 1.62. The second-order valence-corrected chi connectivity index (χ2v) is 7.95. The highest BCUT2D eigenvalue weighted by molar-refractivity contribution is 8.21. The number of morpholine rings is 1. The number of carbonyl (C=O) groups excluding carboxylic acids is 1. The van der Waals surface area contributed by atoms with E-state index in [1.165, 1.54) is 5.69 Å². The molecule has 3 rings (SSSR count). The van der Waals surface area contributed by atoms with Crippen LogP contribution in [0.4, 0.5) is 11.4 Å². The molecule has 0 unspecified atom stereocenters. The third-order valence-electron chi connectivity index (χ3n) is 3.67. The summed E-state index contributed by atoms with van der Waals surface area (Å²) in [7, 11) is 0. The summed E-state index contributed by atoms with van der Waals surface area (Å²) >= 11 is 3.45. The lowest BCUT2D eigenvalue weighted by molar-refractivity contribution is -0.114. The summed E-state index contributed by atoms with van der Waals surface area (Å²) in [5.41, 5.74) is 2.06. The van der Waals surface area contributed by atoms with Gasteiger partial charge in [0, 0.05) is 35.5 Å². The fraction of sp³-hybridized carbons (Fsp3) is 0.533. The summed E-state index contributed by atoms with van der Waals surface area (Å²) in [4.78, 5) is 14.4. The van der Waals surface area contributed by atoms with Gasteiger partial charge in [-0.25, -0.2) is 0 Å². The summed E-state index contributed by atoms with van der Waals surface area (Å²) < 4.78 is 5.51. The van der Waals surface area contributed by atoms with Crippen LogP contribution in [0.15, 0.2) is 24.3 Å². The summed E-state index contributed by atoms with van der Waals surface area (Å²) in [5, 5.41) is 3.00. The van der Waals surface area contributed by atoms with Gasteiger partial charge in [-0.3, -0.25) is 4.79 Å². The number of rotatable bonds is 3. The molecule has 1 aromatic carbocycles. The normalized spacial score (nSPS) is 23.3. The Bertz CT molecular complexity index is 489. The minimum absolute atomic E-state index is 0.0453. The van der Waals surface area contributed by atoms with Gasteiger partial charge >= 0.3 is 0 Å². The minimum Gasteiger partial charge on any atom is -0.377 e. The lowest BCUT2D eigenvalue weighted by Gasteiger charge is -2.35. The fourth-order valence-corrected chi connectivity index (χ4v) is 5.14. The molecule has 0 bridgehead atoms. The molecule has 1 amide bonds. The van der Waals surface area contributed by atoms with E-state index in [1.807, 2.05) is 12.1 Å². The van der Waals surface area contributed by atoms with Crippen molar-refractivity contribution in [3.05, 3.63) is 24.3 Å². The van der Waals surface area contributed by atoms with E-state index in [2.05, 4.69) is 29.3 Å². The third-order valence-corrected chi connectivity index (χ3v) is 6.66. The van der Waals surface area contributed by atoms with Gasteiger partial charge in [0.1, 0.15) is 4.58 Å². The average Bonchev–Trinajstić information content (AvgIpc) is 3.03. The van der Waals surface area contributed by atoms with Crippen LogP contribution in [-0.4, -0.2) is 47.8 Å². The molecular weight excluding hydrogens is 304 g/mol. The van der Waals surface area contributed by atoms with E-state index >= 15 is 0 Å². The van der Waals surface area contributed by atoms with Gasteiger partial charge < -0.3 is 15.0 Å². The number of nitrogens with zero attached hydrogens (tertiary/aromatic N) is 1. The van der Waals surface area contributed by atoms with Gasteiger partial charge in [-0.05, 0) is 31.2 Å². The van der Waals surface area contributed by atoms with Crippen molar-refractivity contribution in [3.8, 4) is 0 Å². The Morgan fingerprint density at radius 3 is 2.67 bits per heavy atom. The van der Waals surface area contributed by atoms with Crippen LogP contribution in [0.1, 0.15) is 6.92 Å². The van der Waals surface area contributed by atoms with E-state index in [0.717, 1.165) is 37.0 Å². The zero-order chi connectivity index (χ0) is 14.7. The first kappa shape index (κ1) is 15.1. The van der Waals surface area contributed by atoms with Gasteiger partial charge in [-0.15, -0.1) is 23.5 Å². The van der Waals surface area contributed by atoms with Crippen LogP contribution in [0.3, 0.4) is 0 Å². The number of nitrogens with one attached hydrogen (secondary N) is 1. The molecular formula is C15H20N2O2S2. The van der Waals surface area contributed by atoms with Crippen LogP contribution in [0.2, 0.25) is 0 Å². The predicted octanol–water partition coefficient (Wildman–Crippen LogP) is 2.66. The average molecular weight is 324 g/mol. The molecule has 1 N–H and O–H groups in total. The first-order valence-corrected chi connectivity index (χ1v) is 9.32. The van der Waals surface area contributed by atoms with Crippen molar-refractivity contribution in [2.24, 2.45) is 0 Å². The van der Waals surface area contributed by atoms with Crippen LogP contribution >= 0.6 is 23.5 Å². The number of amides is 1. The van der Waals surface area contributed by atoms with Crippen LogP contribution in [0.25, 0.3) is 0 Å². The minimum atomic E-state index is 0.0453. The molecule has 114 valence electrons. The van der Waals surface area contributed by atoms with Gasteiger partial charge in [0.05, 0.1) is 13.2 Å². The van der Waals surface area contributed by atoms with E-state index < -0.39 is 0 Å². The van der Waals surface area contributed by atoms with E-state index in [-0.39, 0.29) is 10.5 Å². The van der Waals surface area contributed by atoms with Crippen LogP contribution in [-0.2, 0) is 9.53 Å². The van der Waals surface area contributed by atoms with Crippen molar-refractivity contribution in [3.63, 3.8) is 0 Å². The summed E-state index contributed by atoms with van der Waals surface area (Å²) in [5.74, 6) is 2.24. The van der Waals surface area contributed by atoms with E-state index in [1.54, 1.807) is 23.5 Å². The highest BCUT2D eigenvalue weighted by atomic mass is 32.2. The van der Waals surface area contributed by atoms with E-state index in [4.69, 9.17) is 4.74 Å². The third kappa shape index (κ3) is 3.67. The number of carbonyl (C=O) groups is 1. The largest absolute Gasteiger partial charge is 0.377 e. The molecule has 2 fully saturated rings. The molecule has 2 aliphatic heterocycles. The molecule has 0 aliphatic carbocycles. The molecule has 4 nitrogen and oxygen atoms in total. The highest BCUT2D eigenvalue weighted by Crippen LogP contribution is 2.32. The number of thioether (sulfide) groups is 2. The fourth-order valence-electron chi connectivity index (χ4n) is 2.56. The quantitative estimate of drug-likeness (QED) is 0.926. The highest BCUT2D eigenvalue weighted by Gasteiger charge is 2.24. The summed E-state index contributed by atoms with van der Waals surface area (Å²) in [6, 6.07) is 8.52. The standard InChI is InChI=1S/C15H20N2O2S2/c1-11-10-19-7-6-17(11)13-4-2-12(3-5-13)16-14(18)15-20-8-9-21-15/h2-5,11,15H,6-10H2,1H3,(H,16,18)/t11-/m1/s1. The Labute approximate surface area is 134 Å². The van der Waals surface area contributed by atoms with Gasteiger partial charge in [0.2, 0.25) is 5.91 Å². The number of anilines is 2. The van der Waals surface area contributed by atoms with Crippen LogP contribution in [0.5, 0.6) is 0 Å². The Morgan fingerprint density at radius 2 is 2.00 bits per heavy atom. The topological polar surface area (TPSA) is 41.6 Å². The van der Waals surface area contributed by atoms with Gasteiger partial charge in [0.25, 0.3) is 0 Å². The van der Waals surface area contributed by atoms with E-state index in [0.29, 0.717) is 6.04 Å². The Kier molecular flexibility index (Phi) is 4.98. The second kappa shape index (κ2) is 6.94. The molecule has 2 heterocycles. The smallest absolute Gasteiger partial charge is 0.247 e. The predicted molar refractivity (Wildman–Crippen MR) is 91.4 cm³/mol. The molecule has 2 saturated heterocycles. The molecule has 0 radical (unpaired) electrons. The molecule has 6 heteroatoms. The van der Waals surface area contributed by atoms with Gasteiger partial charge in [-0.2, -0.15) is 0 Å². The summed E-state index contributed by atoms with van der Waals surface area (Å²) in [6.45, 7) is 4.64. The monoisotopic (exact) mass is 324 g/mol. The van der Waals surface area contributed by atoms with Gasteiger partial charge in [0.15, 0.2) is 0 Å². The maximum absolute atomic E-state index is 12.1. The molecule has 21 heavy (non-hydrogen) atoms. The molecule has 0 saturated carbocycles. The second-order valence-electron chi connectivity index (χ2n) is 5.23. The molecule has 1 aromatic rings. The van der Waals surface area contributed by atoms with Crippen LogP contribution < -0.4 is 10.2 Å². The molecule has 0 aromatic heterocycles. The molecule has 0 spiro atoms. The molecule has 2 aliphatic rings. The number of ether oxygens (including phenoxy) is 1. The van der Waals surface area contributed by atoms with E-state index in [9.17, 15) is 4.79 Å². The number of hydrogen-bond donors (Lipinski definition) is 1. The zero-order valence-electron chi connectivity index (χ0n) is 12.1. The Morgan fingerprint density at radius 1 is 1.29 bits per heavy atom. The SMILES string of the molecule is C[C@@H]1COCCN1c1ccc(NC(=O)C2SCCS2)cc1. The molecule has 1 atom stereocenters. The van der Waals surface area contributed by atoms with Crippen molar-refractivity contribution < 1.29 is 9.53 Å². The lowest BCUT2D eigenvalue weighted by Crippen LogP contribution is -2.43. The number of benzene rings is 1. The van der Waals surface area contributed by atoms with Crippen molar-refractivity contribution in [1.82, 2.24) is 0 Å². The van der Waals surface area contributed by atoms with Crippen molar-refractivity contribution in [2.75, 3.05) is 41.5 Å². The van der Waals surface area contributed by atoms with Crippen LogP contribution in [0, 0.1) is 0 Å². The number of hydrogen-bond acceptors (Lipinski definition) is 5. The first-order valence-electron chi connectivity index (χ1n) is 7.22. The van der Waals surface area contributed by atoms with Crippen molar-refractivity contribution in [1.29, 1.82) is 0 Å². The Hall–Kier alpha value is -0.850. The van der Waals surface area contributed by atoms with Crippen molar-refractivity contribution >= 4 is 40.8 Å². The summed E-state index contributed by atoms with van der Waals surface area (Å²) in [6.07, 6.45) is 0. The first-order chi connectivity index (χ1) is 10.2. The van der Waals surface area contributed by atoms with Gasteiger partial charge in [-0.1, -0.05) is 0 Å².